The van der Waals surface area contributed by atoms with Gasteiger partial charge in [0.15, 0.2) is 0 Å². The number of likely N-dealkylation sites (tertiary alicyclic amines) is 2. The van der Waals surface area contributed by atoms with Gasteiger partial charge in [0, 0.05) is 31.6 Å². The summed E-state index contributed by atoms with van der Waals surface area (Å²) in [5.74, 6) is 7.29. The zero-order valence-electron chi connectivity index (χ0n) is 38.6. The van der Waals surface area contributed by atoms with E-state index in [-0.39, 0.29) is 24.0 Å². The molecule has 3 aliphatic heterocycles. The minimum absolute atomic E-state index is 0.0730. The molecule has 7 nitrogen and oxygen atoms in total. The van der Waals surface area contributed by atoms with Gasteiger partial charge in [0.1, 0.15) is 5.82 Å². The monoisotopic (exact) mass is 836 g/mol. The molecular weight excluding hydrogens is 763 g/mol. The molecule has 10 unspecified atom stereocenters. The highest BCUT2D eigenvalue weighted by Gasteiger charge is 2.54. The van der Waals surface area contributed by atoms with E-state index in [1.165, 1.54) is 56.2 Å². The number of nitrogens with zero attached hydrogens (tertiary/aromatic N) is 4. The summed E-state index contributed by atoms with van der Waals surface area (Å²) in [6.45, 7) is 12.7. The number of hydrogen-bond acceptors (Lipinski definition) is 4. The summed E-state index contributed by atoms with van der Waals surface area (Å²) < 4.78 is 0. The van der Waals surface area contributed by atoms with E-state index in [0.717, 1.165) is 100 Å². The van der Waals surface area contributed by atoms with Crippen molar-refractivity contribution in [1.82, 2.24) is 19.8 Å². The second-order valence-corrected chi connectivity index (χ2v) is 22.4. The van der Waals surface area contributed by atoms with Crippen molar-refractivity contribution in [2.45, 2.75) is 168 Å². The van der Waals surface area contributed by atoms with E-state index in [2.05, 4.69) is 73.7 Å². The molecule has 10 aliphatic rings. The molecule has 330 valence electrons. The molecule has 4 saturated carbocycles. The first-order chi connectivity index (χ1) is 30.1. The first-order valence-electron chi connectivity index (χ1n) is 25.6. The third kappa shape index (κ3) is 6.95. The zero-order chi connectivity index (χ0) is 42.4. The van der Waals surface area contributed by atoms with Gasteiger partial charge in [-0.05, 0) is 194 Å². The van der Waals surface area contributed by atoms with E-state index >= 15 is 0 Å². The van der Waals surface area contributed by atoms with Gasteiger partial charge in [0.2, 0.25) is 11.8 Å². The molecule has 10 atom stereocenters. The Hall–Kier alpha value is -3.74. The molecule has 62 heavy (non-hydrogen) atoms. The van der Waals surface area contributed by atoms with E-state index in [4.69, 9.17) is 9.98 Å². The number of rotatable bonds is 11. The van der Waals surface area contributed by atoms with Gasteiger partial charge in [0.25, 0.3) is 0 Å². The fourth-order valence-electron chi connectivity index (χ4n) is 15.3. The average molecular weight is 836 g/mol. The van der Waals surface area contributed by atoms with E-state index in [9.17, 15) is 9.59 Å². The standard InChI is InChI=1S/C55H73N5O2/c1-6-33-29-44(57-54(33)46-9-7-23-59(46)48(61)25-31(2)3)43-22-21-42(52-38-17-18-39(28-38)53(43)52)41-20-19-40(50-36-15-16-37(27-36)51(41)50)34-11-13-35(14-12-34)45-30-56-55(58-45)47-10-8-24-60(47)49(62)26-32(4)5/h11,13,19-20,30-33,36-39,46-47,50-51,54H,6-10,12,14-18,21-29H2,1-5H3,(H,56,58). The minimum atomic E-state index is 0.0730. The summed E-state index contributed by atoms with van der Waals surface area (Å²) in [6.07, 6.45) is 32.6. The quantitative estimate of drug-likeness (QED) is 0.241. The number of carbonyl (C=O) groups is 2. The summed E-state index contributed by atoms with van der Waals surface area (Å²) in [5, 5.41) is 0. The van der Waals surface area contributed by atoms with Crippen LogP contribution in [-0.4, -0.2) is 62.5 Å². The highest BCUT2D eigenvalue weighted by molar-refractivity contribution is 6.03. The van der Waals surface area contributed by atoms with Crippen LogP contribution in [0.4, 0.5) is 0 Å². The molecule has 4 heterocycles. The lowest BCUT2D eigenvalue weighted by molar-refractivity contribution is -0.134. The number of hydrogen-bond donors (Lipinski definition) is 1. The van der Waals surface area contributed by atoms with E-state index in [1.54, 1.807) is 39.0 Å². The highest BCUT2D eigenvalue weighted by Crippen LogP contribution is 2.64. The number of aliphatic imine (C=N–C) groups is 1. The van der Waals surface area contributed by atoms with Crippen molar-refractivity contribution >= 4 is 23.1 Å². The van der Waals surface area contributed by atoms with Gasteiger partial charge in [-0.2, -0.15) is 0 Å². The SMILES string of the molecule is CCC1CC(C2=C3C(=C(C4=CC=C(C5=CC=C(c6cnc(C7CCCN7C(=O)CC(C)C)[nH]6)CC5)C5C6CCC(C6)C45)CC2)C2CCC3C2)=NC1C1CCCN1C(=O)CC(C)C. The molecule has 2 saturated heterocycles. The molecule has 2 amide bonds. The predicted octanol–water partition coefficient (Wildman–Crippen LogP) is 11.8. The predicted molar refractivity (Wildman–Crippen MR) is 249 cm³/mol. The van der Waals surface area contributed by atoms with Crippen molar-refractivity contribution in [3.63, 3.8) is 0 Å². The van der Waals surface area contributed by atoms with Gasteiger partial charge < -0.3 is 14.8 Å². The molecule has 0 radical (unpaired) electrons. The fourth-order valence-corrected chi connectivity index (χ4v) is 15.3. The molecule has 1 aromatic rings. The van der Waals surface area contributed by atoms with Crippen molar-refractivity contribution in [2.24, 2.45) is 58.3 Å². The van der Waals surface area contributed by atoms with E-state index in [1.807, 2.05) is 6.20 Å². The van der Waals surface area contributed by atoms with Crippen molar-refractivity contribution in [1.29, 1.82) is 0 Å². The second kappa shape index (κ2) is 16.4. The molecule has 7 heteroatoms. The van der Waals surface area contributed by atoms with Crippen LogP contribution in [-0.2, 0) is 9.59 Å². The van der Waals surface area contributed by atoms with Crippen molar-refractivity contribution in [3.8, 4) is 0 Å². The van der Waals surface area contributed by atoms with Crippen LogP contribution in [0.25, 0.3) is 5.57 Å². The molecule has 1 N–H and O–H groups in total. The molecular formula is C55H73N5O2. The van der Waals surface area contributed by atoms with Gasteiger partial charge in [-0.3, -0.25) is 14.6 Å². The van der Waals surface area contributed by atoms with Crippen LogP contribution in [0.5, 0.6) is 0 Å². The molecule has 4 bridgehead atoms. The van der Waals surface area contributed by atoms with Gasteiger partial charge >= 0.3 is 0 Å². The molecule has 0 aromatic carbocycles. The van der Waals surface area contributed by atoms with Crippen molar-refractivity contribution in [3.05, 3.63) is 81.0 Å². The highest BCUT2D eigenvalue weighted by atomic mass is 16.2. The summed E-state index contributed by atoms with van der Waals surface area (Å²) in [6, 6.07) is 0.621. The Morgan fingerprint density at radius 1 is 0.726 bits per heavy atom. The average Bonchev–Trinajstić information content (AvgIpc) is 4.12. The number of H-pyrrole nitrogens is 1. The molecule has 0 spiro atoms. The topological polar surface area (TPSA) is 81.7 Å². The van der Waals surface area contributed by atoms with Crippen LogP contribution in [0, 0.1) is 53.3 Å². The van der Waals surface area contributed by atoms with Crippen molar-refractivity contribution < 1.29 is 9.59 Å². The van der Waals surface area contributed by atoms with Gasteiger partial charge in [0.05, 0.1) is 30.0 Å². The number of nitrogens with one attached hydrogen (secondary N) is 1. The molecule has 11 rings (SSSR count). The molecule has 6 fully saturated rings. The number of aromatic nitrogens is 2. The number of aromatic amines is 1. The Bertz CT molecular complexity index is 2220. The molecule has 1 aromatic heterocycles. The maximum absolute atomic E-state index is 13.4. The summed E-state index contributed by atoms with van der Waals surface area (Å²) in [4.78, 5) is 45.1. The number of carbonyl (C=O) groups excluding carboxylic acids is 2. The Morgan fingerprint density at radius 2 is 1.37 bits per heavy atom. The van der Waals surface area contributed by atoms with Crippen LogP contribution in [0.3, 0.4) is 0 Å². The van der Waals surface area contributed by atoms with Crippen LogP contribution in [0.2, 0.25) is 0 Å². The van der Waals surface area contributed by atoms with Crippen LogP contribution < -0.4 is 0 Å². The van der Waals surface area contributed by atoms with E-state index in [0.29, 0.717) is 54.3 Å². The number of imidazole rings is 1. The third-order valence-corrected chi connectivity index (χ3v) is 17.9. The maximum atomic E-state index is 13.4. The lowest BCUT2D eigenvalue weighted by Crippen LogP contribution is -2.44. The van der Waals surface area contributed by atoms with Crippen molar-refractivity contribution in [2.75, 3.05) is 13.1 Å². The molecule has 7 aliphatic carbocycles. The largest absolute Gasteiger partial charge is 0.341 e. The van der Waals surface area contributed by atoms with Gasteiger partial charge in [-0.25, -0.2) is 4.98 Å². The first kappa shape index (κ1) is 41.0. The lowest BCUT2D eigenvalue weighted by atomic mass is 9.63. The Balaban J connectivity index is 0.881. The number of allylic oxidation sites excluding steroid dienone is 12. The first-order valence-corrected chi connectivity index (χ1v) is 25.6. The summed E-state index contributed by atoms with van der Waals surface area (Å²) in [7, 11) is 0. The zero-order valence-corrected chi connectivity index (χ0v) is 38.6. The Morgan fingerprint density at radius 3 is 2.10 bits per heavy atom. The Kier molecular flexibility index (Phi) is 10.8. The van der Waals surface area contributed by atoms with Crippen LogP contribution >= 0.6 is 0 Å². The Labute approximate surface area is 371 Å². The van der Waals surface area contributed by atoms with E-state index < -0.39 is 0 Å². The maximum Gasteiger partial charge on any atom is 0.223 e. The second-order valence-electron chi connectivity index (χ2n) is 22.4. The number of fused-ring (bicyclic) bond motifs is 10. The van der Waals surface area contributed by atoms with Crippen LogP contribution in [0.1, 0.15) is 168 Å². The number of amides is 2. The van der Waals surface area contributed by atoms with Gasteiger partial charge in [-0.15, -0.1) is 0 Å². The van der Waals surface area contributed by atoms with Crippen LogP contribution in [0.15, 0.2) is 74.5 Å². The van der Waals surface area contributed by atoms with Gasteiger partial charge in [-0.1, -0.05) is 65.3 Å². The normalized spacial score (nSPS) is 35.0. The minimum Gasteiger partial charge on any atom is -0.341 e. The fraction of sp³-hybridized carbons (Fsp3) is 0.673. The smallest absolute Gasteiger partial charge is 0.223 e. The lowest BCUT2D eigenvalue weighted by Gasteiger charge is -2.41. The summed E-state index contributed by atoms with van der Waals surface area (Å²) >= 11 is 0. The third-order valence-electron chi connectivity index (χ3n) is 17.9. The summed E-state index contributed by atoms with van der Waals surface area (Å²) in [5.41, 5.74) is 15.8.